The van der Waals surface area contributed by atoms with Crippen LogP contribution in [-0.2, 0) is 12.0 Å². The molecule has 0 aliphatic rings. The molecular formula is C16H31IN4S. The summed E-state index contributed by atoms with van der Waals surface area (Å²) in [6.07, 6.45) is 5.05. The van der Waals surface area contributed by atoms with Crippen LogP contribution in [0.3, 0.4) is 0 Å². The molecule has 128 valence electrons. The van der Waals surface area contributed by atoms with Crippen LogP contribution in [0.15, 0.2) is 10.4 Å². The van der Waals surface area contributed by atoms with Crippen LogP contribution < -0.4 is 10.6 Å². The summed E-state index contributed by atoms with van der Waals surface area (Å²) in [5, 5.41) is 9.98. The molecule has 0 saturated carbocycles. The summed E-state index contributed by atoms with van der Waals surface area (Å²) < 4.78 is 0. The second kappa shape index (κ2) is 11.2. The molecule has 0 aliphatic heterocycles. The van der Waals surface area contributed by atoms with Crippen molar-refractivity contribution in [2.75, 3.05) is 13.6 Å². The Morgan fingerprint density at radius 2 is 1.95 bits per heavy atom. The van der Waals surface area contributed by atoms with E-state index in [1.54, 1.807) is 11.3 Å². The van der Waals surface area contributed by atoms with Crippen LogP contribution in [0.2, 0.25) is 0 Å². The van der Waals surface area contributed by atoms with Crippen LogP contribution in [0.1, 0.15) is 64.1 Å². The Morgan fingerprint density at radius 3 is 2.50 bits per heavy atom. The van der Waals surface area contributed by atoms with Crippen LogP contribution in [0.5, 0.6) is 0 Å². The highest BCUT2D eigenvalue weighted by atomic mass is 127. The molecule has 1 aromatic rings. The Labute approximate surface area is 156 Å². The summed E-state index contributed by atoms with van der Waals surface area (Å²) in [5.74, 6) is 0.858. The molecule has 0 radical (unpaired) electrons. The molecule has 0 atom stereocenters. The molecule has 0 aliphatic carbocycles. The number of halogens is 1. The first-order valence-corrected chi connectivity index (χ1v) is 8.74. The van der Waals surface area contributed by atoms with Crippen LogP contribution in [-0.4, -0.2) is 24.5 Å². The second-order valence-electron chi connectivity index (χ2n) is 6.31. The van der Waals surface area contributed by atoms with Gasteiger partial charge in [-0.2, -0.15) is 0 Å². The van der Waals surface area contributed by atoms with E-state index in [1.165, 1.54) is 30.7 Å². The highest BCUT2D eigenvalue weighted by Gasteiger charge is 2.17. The minimum Gasteiger partial charge on any atom is -0.356 e. The number of hydrogen-bond acceptors (Lipinski definition) is 3. The summed E-state index contributed by atoms with van der Waals surface area (Å²) >= 11 is 1.73. The lowest BCUT2D eigenvalue weighted by atomic mass is 9.98. The van der Waals surface area contributed by atoms with E-state index >= 15 is 0 Å². The minimum absolute atomic E-state index is 0. The van der Waals surface area contributed by atoms with Crippen molar-refractivity contribution in [2.45, 2.75) is 65.3 Å². The van der Waals surface area contributed by atoms with Crippen LogP contribution in [0.4, 0.5) is 0 Å². The maximum atomic E-state index is 4.68. The quantitative estimate of drug-likeness (QED) is 0.289. The molecule has 1 rings (SSSR count). The Hall–Kier alpha value is -0.370. The van der Waals surface area contributed by atoms with E-state index in [2.05, 4.69) is 53.7 Å². The Kier molecular flexibility index (Phi) is 11.0. The van der Waals surface area contributed by atoms with Gasteiger partial charge in [-0.25, -0.2) is 4.98 Å². The number of rotatable bonds is 7. The third-order valence-corrected chi connectivity index (χ3v) is 4.49. The molecule has 6 heteroatoms. The summed E-state index contributed by atoms with van der Waals surface area (Å²) in [7, 11) is 1.81. The van der Waals surface area contributed by atoms with Gasteiger partial charge in [-0.15, -0.1) is 35.3 Å². The lowest BCUT2D eigenvalue weighted by Crippen LogP contribution is -2.37. The van der Waals surface area contributed by atoms with Gasteiger partial charge >= 0.3 is 0 Å². The number of hydrogen-bond donors (Lipinski definition) is 2. The first-order chi connectivity index (χ1) is 9.97. The van der Waals surface area contributed by atoms with Crippen molar-refractivity contribution >= 4 is 41.3 Å². The number of guanidine groups is 1. The molecule has 2 N–H and O–H groups in total. The Morgan fingerprint density at radius 1 is 1.23 bits per heavy atom. The standard InChI is InChI=1S/C16H30N4S.HI/c1-6-7-8-9-10-18-15(17-5)19-11-13-12-21-14(20-13)16(2,3)4;/h12H,6-11H2,1-5H3,(H2,17,18,19);1H. The van der Waals surface area contributed by atoms with Crippen molar-refractivity contribution in [3.05, 3.63) is 16.1 Å². The minimum atomic E-state index is 0. The summed E-state index contributed by atoms with van der Waals surface area (Å²) in [6, 6.07) is 0. The number of aromatic nitrogens is 1. The number of thiazole rings is 1. The van der Waals surface area contributed by atoms with E-state index in [4.69, 9.17) is 0 Å². The molecule has 0 saturated heterocycles. The number of nitrogens with one attached hydrogen (secondary N) is 2. The molecule has 1 heterocycles. The number of nitrogens with zero attached hydrogens (tertiary/aromatic N) is 2. The highest BCUT2D eigenvalue weighted by molar-refractivity contribution is 14.0. The first kappa shape index (κ1) is 21.6. The Balaban J connectivity index is 0.00000441. The van der Waals surface area contributed by atoms with Gasteiger partial charge in [0.1, 0.15) is 0 Å². The first-order valence-electron chi connectivity index (χ1n) is 7.86. The zero-order chi connectivity index (χ0) is 15.7. The number of aliphatic imine (C=N–C) groups is 1. The van der Waals surface area contributed by atoms with Gasteiger partial charge < -0.3 is 10.6 Å². The largest absolute Gasteiger partial charge is 0.356 e. The van der Waals surface area contributed by atoms with Crippen molar-refractivity contribution in [1.82, 2.24) is 15.6 Å². The molecule has 0 spiro atoms. The average Bonchev–Trinajstić information content (AvgIpc) is 2.91. The molecule has 0 fully saturated rings. The average molecular weight is 438 g/mol. The smallest absolute Gasteiger partial charge is 0.191 e. The zero-order valence-corrected chi connectivity index (χ0v) is 17.7. The summed E-state index contributed by atoms with van der Waals surface area (Å²) in [4.78, 5) is 8.93. The maximum Gasteiger partial charge on any atom is 0.191 e. The van der Waals surface area contributed by atoms with E-state index in [0.717, 1.165) is 24.7 Å². The molecule has 0 aromatic carbocycles. The van der Waals surface area contributed by atoms with Gasteiger partial charge in [-0.3, -0.25) is 4.99 Å². The fourth-order valence-corrected chi connectivity index (χ4v) is 2.79. The molecular weight excluding hydrogens is 407 g/mol. The van der Waals surface area contributed by atoms with Gasteiger partial charge in [0, 0.05) is 24.4 Å². The third-order valence-electron chi connectivity index (χ3n) is 3.18. The van der Waals surface area contributed by atoms with Gasteiger partial charge in [0.15, 0.2) is 5.96 Å². The fraction of sp³-hybridized carbons (Fsp3) is 0.750. The predicted molar refractivity (Wildman–Crippen MR) is 109 cm³/mol. The van der Waals surface area contributed by atoms with Crippen molar-refractivity contribution < 1.29 is 0 Å². The van der Waals surface area contributed by atoms with E-state index < -0.39 is 0 Å². The zero-order valence-electron chi connectivity index (χ0n) is 14.5. The molecule has 22 heavy (non-hydrogen) atoms. The normalized spacial score (nSPS) is 12.0. The summed E-state index contributed by atoms with van der Waals surface area (Å²) in [5.41, 5.74) is 1.21. The lowest BCUT2D eigenvalue weighted by molar-refractivity contribution is 0.582. The van der Waals surface area contributed by atoms with E-state index in [-0.39, 0.29) is 29.4 Å². The monoisotopic (exact) mass is 438 g/mol. The van der Waals surface area contributed by atoms with Gasteiger partial charge in [-0.05, 0) is 6.42 Å². The van der Waals surface area contributed by atoms with E-state index in [9.17, 15) is 0 Å². The van der Waals surface area contributed by atoms with Crippen LogP contribution in [0.25, 0.3) is 0 Å². The molecule has 1 aromatic heterocycles. The maximum absolute atomic E-state index is 4.68. The van der Waals surface area contributed by atoms with Crippen molar-refractivity contribution in [2.24, 2.45) is 4.99 Å². The summed E-state index contributed by atoms with van der Waals surface area (Å²) in [6.45, 7) is 10.5. The van der Waals surface area contributed by atoms with Crippen LogP contribution >= 0.6 is 35.3 Å². The molecule has 0 amide bonds. The van der Waals surface area contributed by atoms with Crippen LogP contribution in [0, 0.1) is 0 Å². The second-order valence-corrected chi connectivity index (χ2v) is 7.17. The lowest BCUT2D eigenvalue weighted by Gasteiger charge is -2.14. The number of unbranched alkanes of at least 4 members (excludes halogenated alkanes) is 3. The third kappa shape index (κ3) is 8.31. The van der Waals surface area contributed by atoms with Gasteiger partial charge in [0.25, 0.3) is 0 Å². The van der Waals surface area contributed by atoms with Crippen molar-refractivity contribution in [1.29, 1.82) is 0 Å². The van der Waals surface area contributed by atoms with Gasteiger partial charge in [0.2, 0.25) is 0 Å². The topological polar surface area (TPSA) is 49.3 Å². The van der Waals surface area contributed by atoms with Crippen molar-refractivity contribution in [3.8, 4) is 0 Å². The van der Waals surface area contributed by atoms with Gasteiger partial charge in [-0.1, -0.05) is 47.0 Å². The molecule has 4 nitrogen and oxygen atoms in total. The SMILES string of the molecule is CCCCCCNC(=NC)NCc1csc(C(C)(C)C)n1.I. The Bertz CT molecular complexity index is 438. The highest BCUT2D eigenvalue weighted by Crippen LogP contribution is 2.25. The van der Waals surface area contributed by atoms with E-state index in [0.29, 0.717) is 0 Å². The molecule has 0 bridgehead atoms. The fourth-order valence-electron chi connectivity index (χ4n) is 1.89. The van der Waals surface area contributed by atoms with Gasteiger partial charge in [0.05, 0.1) is 17.2 Å². The predicted octanol–water partition coefficient (Wildman–Crippen LogP) is 4.30. The van der Waals surface area contributed by atoms with E-state index in [1.807, 2.05) is 7.05 Å². The molecule has 0 unspecified atom stereocenters. The van der Waals surface area contributed by atoms with Crippen molar-refractivity contribution in [3.63, 3.8) is 0 Å².